The Morgan fingerprint density at radius 1 is 1.00 bits per heavy atom. The molecule has 3 nitrogen and oxygen atoms in total. The van der Waals surface area contributed by atoms with Gasteiger partial charge in [0, 0.05) is 0 Å². The minimum absolute atomic E-state index is 0.00958. The maximum Gasteiger partial charge on any atom is 0.127 e. The monoisotopic (exact) mass is 220 g/mol. The minimum atomic E-state index is -0.126. The molecule has 3 heteroatoms. The molecule has 0 aliphatic rings. The molecule has 3 N–H and O–H groups in total. The second-order valence-electron chi connectivity index (χ2n) is 3.15. The van der Waals surface area contributed by atoms with Crippen LogP contribution in [0.5, 0.6) is 11.5 Å². The van der Waals surface area contributed by atoms with Crippen molar-refractivity contribution in [1.29, 1.82) is 0 Å². The van der Waals surface area contributed by atoms with Crippen molar-refractivity contribution in [1.82, 2.24) is 0 Å². The Labute approximate surface area is 94.6 Å². The second-order valence-corrected chi connectivity index (χ2v) is 3.15. The topological polar surface area (TPSA) is 60.7 Å². The fourth-order valence-corrected chi connectivity index (χ4v) is 1.54. The summed E-state index contributed by atoms with van der Waals surface area (Å²) in [5.74, 6) is 0.0362. The molecule has 0 heterocycles. The van der Waals surface area contributed by atoms with E-state index in [1.54, 1.807) is 18.2 Å². The summed E-state index contributed by atoms with van der Waals surface area (Å²) in [6, 6.07) is 8.16. The van der Waals surface area contributed by atoms with Crippen molar-refractivity contribution >= 4 is 10.8 Å². The first kappa shape index (κ1) is 12.3. The predicted octanol–water partition coefficient (Wildman–Crippen LogP) is 2.77. The largest absolute Gasteiger partial charge is 0.507 e. The molecule has 0 saturated carbocycles. The van der Waals surface area contributed by atoms with Gasteiger partial charge in [-0.2, -0.15) is 0 Å². The van der Waals surface area contributed by atoms with E-state index in [4.69, 9.17) is 5.11 Å². The van der Waals surface area contributed by atoms with Crippen molar-refractivity contribution in [2.45, 2.75) is 20.5 Å². The summed E-state index contributed by atoms with van der Waals surface area (Å²) in [6.07, 6.45) is 0. The lowest BCUT2D eigenvalue weighted by Crippen LogP contribution is -1.84. The number of rotatable bonds is 1. The molecule has 0 spiro atoms. The van der Waals surface area contributed by atoms with Gasteiger partial charge in [0.15, 0.2) is 0 Å². The maximum absolute atomic E-state index is 9.59. The highest BCUT2D eigenvalue weighted by Crippen LogP contribution is 2.33. The van der Waals surface area contributed by atoms with Gasteiger partial charge in [-0.15, -0.1) is 0 Å². The highest BCUT2D eigenvalue weighted by molar-refractivity contribution is 5.93. The molecule has 0 bridgehead atoms. The smallest absolute Gasteiger partial charge is 0.127 e. The number of aliphatic hydroxyl groups excluding tert-OH is 1. The van der Waals surface area contributed by atoms with E-state index in [2.05, 4.69) is 0 Å². The molecule has 0 amide bonds. The van der Waals surface area contributed by atoms with Gasteiger partial charge in [-0.05, 0) is 29.1 Å². The first-order valence-electron chi connectivity index (χ1n) is 5.27. The number of phenolic OH excluding ortho intramolecular Hbond substituents is 2. The average Bonchev–Trinajstić information content (AvgIpc) is 2.31. The predicted molar refractivity (Wildman–Crippen MR) is 64.5 cm³/mol. The van der Waals surface area contributed by atoms with E-state index >= 15 is 0 Å². The number of hydrogen-bond acceptors (Lipinski definition) is 3. The van der Waals surface area contributed by atoms with Crippen molar-refractivity contribution < 1.29 is 15.3 Å². The number of benzene rings is 2. The maximum atomic E-state index is 9.59. The van der Waals surface area contributed by atoms with Gasteiger partial charge in [0.2, 0.25) is 0 Å². The van der Waals surface area contributed by atoms with E-state index in [1.165, 1.54) is 12.1 Å². The van der Waals surface area contributed by atoms with Gasteiger partial charge >= 0.3 is 0 Å². The van der Waals surface area contributed by atoms with Gasteiger partial charge in [-0.25, -0.2) is 0 Å². The van der Waals surface area contributed by atoms with Crippen LogP contribution in [0.15, 0.2) is 30.3 Å². The lowest BCUT2D eigenvalue weighted by atomic mass is 10.1. The van der Waals surface area contributed by atoms with E-state index in [0.29, 0.717) is 16.3 Å². The van der Waals surface area contributed by atoms with Crippen molar-refractivity contribution in [3.8, 4) is 11.5 Å². The SMILES string of the molecule is CC.OCc1cc(O)c2c(O)cccc2c1. The molecular formula is C13H16O3. The average molecular weight is 220 g/mol. The Kier molecular flexibility index (Phi) is 4.14. The van der Waals surface area contributed by atoms with Crippen molar-refractivity contribution in [3.05, 3.63) is 35.9 Å². The van der Waals surface area contributed by atoms with Crippen LogP contribution in [0.1, 0.15) is 19.4 Å². The molecule has 2 aromatic rings. The van der Waals surface area contributed by atoms with Crippen LogP contribution in [0.3, 0.4) is 0 Å². The second kappa shape index (κ2) is 5.37. The summed E-state index contributed by atoms with van der Waals surface area (Å²) in [6.45, 7) is 3.87. The van der Waals surface area contributed by atoms with Crippen LogP contribution in [-0.2, 0) is 6.61 Å². The Morgan fingerprint density at radius 2 is 1.69 bits per heavy atom. The number of aliphatic hydroxyl groups is 1. The first-order chi connectivity index (χ1) is 7.72. The molecule has 0 aromatic heterocycles. The van der Waals surface area contributed by atoms with Crippen LogP contribution < -0.4 is 0 Å². The molecule has 86 valence electrons. The Balaban J connectivity index is 0.000000606. The lowest BCUT2D eigenvalue weighted by Gasteiger charge is -2.05. The molecule has 2 rings (SSSR count). The molecule has 16 heavy (non-hydrogen) atoms. The van der Waals surface area contributed by atoms with Crippen molar-refractivity contribution in [3.63, 3.8) is 0 Å². The summed E-state index contributed by atoms with van der Waals surface area (Å²) < 4.78 is 0. The third kappa shape index (κ3) is 2.25. The molecule has 0 atom stereocenters. The normalized spacial score (nSPS) is 9.69. The summed E-state index contributed by atoms with van der Waals surface area (Å²) >= 11 is 0. The van der Waals surface area contributed by atoms with Crippen LogP contribution in [0.4, 0.5) is 0 Å². The number of fused-ring (bicyclic) bond motifs is 1. The number of phenols is 2. The van der Waals surface area contributed by atoms with Gasteiger partial charge in [0.05, 0.1) is 12.0 Å². The molecule has 0 unspecified atom stereocenters. The molecular weight excluding hydrogens is 204 g/mol. The van der Waals surface area contributed by atoms with Crippen LogP contribution in [-0.4, -0.2) is 15.3 Å². The zero-order chi connectivity index (χ0) is 12.1. The summed E-state index contributed by atoms with van der Waals surface area (Å²) in [5.41, 5.74) is 0.626. The summed E-state index contributed by atoms with van der Waals surface area (Å²) in [7, 11) is 0. The van der Waals surface area contributed by atoms with E-state index < -0.39 is 0 Å². The summed E-state index contributed by atoms with van der Waals surface area (Å²) in [5, 5.41) is 29.1. The zero-order valence-electron chi connectivity index (χ0n) is 9.44. The lowest BCUT2D eigenvalue weighted by molar-refractivity contribution is 0.281. The van der Waals surface area contributed by atoms with E-state index in [0.717, 1.165) is 0 Å². The molecule has 0 radical (unpaired) electrons. The molecule has 0 aliphatic heterocycles. The highest BCUT2D eigenvalue weighted by atomic mass is 16.3. The molecule has 0 saturated heterocycles. The molecule has 0 aliphatic carbocycles. The quantitative estimate of drug-likeness (QED) is 0.692. The van der Waals surface area contributed by atoms with E-state index in [-0.39, 0.29) is 18.1 Å². The van der Waals surface area contributed by atoms with E-state index in [1.807, 2.05) is 13.8 Å². The Morgan fingerprint density at radius 3 is 2.31 bits per heavy atom. The zero-order valence-corrected chi connectivity index (χ0v) is 9.44. The minimum Gasteiger partial charge on any atom is -0.507 e. The summed E-state index contributed by atoms with van der Waals surface area (Å²) in [4.78, 5) is 0. The molecule has 0 fully saturated rings. The van der Waals surface area contributed by atoms with Crippen LogP contribution >= 0.6 is 0 Å². The fraction of sp³-hybridized carbons (Fsp3) is 0.231. The van der Waals surface area contributed by atoms with Gasteiger partial charge < -0.3 is 15.3 Å². The van der Waals surface area contributed by atoms with Crippen LogP contribution in [0.2, 0.25) is 0 Å². The fourth-order valence-electron chi connectivity index (χ4n) is 1.54. The highest BCUT2D eigenvalue weighted by Gasteiger charge is 2.06. The third-order valence-electron chi connectivity index (χ3n) is 2.18. The van der Waals surface area contributed by atoms with Crippen molar-refractivity contribution in [2.75, 3.05) is 0 Å². The van der Waals surface area contributed by atoms with E-state index in [9.17, 15) is 10.2 Å². The third-order valence-corrected chi connectivity index (χ3v) is 2.18. The van der Waals surface area contributed by atoms with Crippen LogP contribution in [0.25, 0.3) is 10.8 Å². The number of aromatic hydroxyl groups is 2. The van der Waals surface area contributed by atoms with Crippen molar-refractivity contribution in [2.24, 2.45) is 0 Å². The Bertz CT molecular complexity index is 478. The Hall–Kier alpha value is -1.74. The first-order valence-corrected chi connectivity index (χ1v) is 5.27. The molecule has 2 aromatic carbocycles. The van der Waals surface area contributed by atoms with Gasteiger partial charge in [-0.1, -0.05) is 26.0 Å². The van der Waals surface area contributed by atoms with Gasteiger partial charge in [0.25, 0.3) is 0 Å². The van der Waals surface area contributed by atoms with Gasteiger partial charge in [0.1, 0.15) is 11.5 Å². The standard InChI is InChI=1S/C11H10O3.C2H6/c12-6-7-4-8-2-1-3-9(13)11(8)10(14)5-7;1-2/h1-5,12-14H,6H2;1-2H3. The van der Waals surface area contributed by atoms with Crippen LogP contribution in [0, 0.1) is 0 Å². The van der Waals surface area contributed by atoms with Gasteiger partial charge in [-0.3, -0.25) is 0 Å². The number of hydrogen-bond donors (Lipinski definition) is 3.